The van der Waals surface area contributed by atoms with E-state index in [0.29, 0.717) is 10.6 Å². The number of aromatic carboxylic acids is 1. The van der Waals surface area contributed by atoms with E-state index in [0.717, 1.165) is 6.07 Å². The maximum absolute atomic E-state index is 12.0. The first kappa shape index (κ1) is 13.9. The van der Waals surface area contributed by atoms with Gasteiger partial charge in [0.15, 0.2) is 0 Å². The molecule has 0 fully saturated rings. The second-order valence-electron chi connectivity index (χ2n) is 3.81. The molecule has 0 spiro atoms. The van der Waals surface area contributed by atoms with Gasteiger partial charge in [0.25, 0.3) is 5.91 Å². The van der Waals surface area contributed by atoms with E-state index < -0.39 is 11.9 Å². The number of hydrogen-bond donors (Lipinski definition) is 3. The molecular weight excluding hydrogens is 282 g/mol. The number of phenols is 1. The maximum atomic E-state index is 12.0. The molecule has 20 heavy (non-hydrogen) atoms. The Morgan fingerprint density at radius 3 is 2.65 bits per heavy atom. The molecule has 0 saturated carbocycles. The van der Waals surface area contributed by atoms with Gasteiger partial charge in [-0.2, -0.15) is 0 Å². The van der Waals surface area contributed by atoms with Crippen LogP contribution in [0.2, 0.25) is 0 Å². The number of ether oxygens (including phenoxy) is 1. The molecule has 7 heteroatoms. The minimum Gasteiger partial charge on any atom is -0.506 e. The van der Waals surface area contributed by atoms with Crippen molar-refractivity contribution in [3.8, 4) is 11.5 Å². The smallest absolute Gasteiger partial charge is 0.335 e. The van der Waals surface area contributed by atoms with Crippen molar-refractivity contribution in [2.75, 3.05) is 12.4 Å². The Bertz CT molecular complexity index is 665. The molecule has 0 aliphatic rings. The highest BCUT2D eigenvalue weighted by atomic mass is 32.1. The Balaban J connectivity index is 2.22. The van der Waals surface area contributed by atoms with Crippen LogP contribution in [-0.2, 0) is 0 Å². The number of carbonyl (C=O) groups excluding carboxylic acids is 1. The van der Waals surface area contributed by atoms with Crippen LogP contribution in [0.5, 0.6) is 11.5 Å². The average molecular weight is 293 g/mol. The van der Waals surface area contributed by atoms with Crippen LogP contribution in [-0.4, -0.2) is 29.2 Å². The highest BCUT2D eigenvalue weighted by molar-refractivity contribution is 7.12. The standard InChI is InChI=1S/C13H11NO5S/c1-19-10-4-5-20-11(10)12(16)14-8-3-2-7(13(17)18)6-9(8)15/h2-6,15H,1H3,(H,14,16)(H,17,18). The molecule has 104 valence electrons. The van der Waals surface area contributed by atoms with Crippen LogP contribution in [0.3, 0.4) is 0 Å². The number of anilines is 1. The molecule has 1 aromatic carbocycles. The highest BCUT2D eigenvalue weighted by Crippen LogP contribution is 2.28. The summed E-state index contributed by atoms with van der Waals surface area (Å²) in [5, 5.41) is 22.7. The van der Waals surface area contributed by atoms with Crippen LogP contribution in [0.1, 0.15) is 20.0 Å². The summed E-state index contributed by atoms with van der Waals surface area (Å²) in [5.74, 6) is -1.46. The van der Waals surface area contributed by atoms with E-state index >= 15 is 0 Å². The summed E-state index contributed by atoms with van der Waals surface area (Å²) < 4.78 is 5.03. The first-order valence-corrected chi connectivity index (χ1v) is 6.40. The van der Waals surface area contributed by atoms with E-state index in [2.05, 4.69) is 5.32 Å². The molecule has 2 rings (SSSR count). The zero-order chi connectivity index (χ0) is 14.7. The molecule has 0 aliphatic heterocycles. The number of hydrogen-bond acceptors (Lipinski definition) is 5. The van der Waals surface area contributed by atoms with Crippen LogP contribution < -0.4 is 10.1 Å². The van der Waals surface area contributed by atoms with Gasteiger partial charge >= 0.3 is 5.97 Å². The summed E-state index contributed by atoms with van der Waals surface area (Å²) >= 11 is 1.20. The molecule has 1 heterocycles. The first-order valence-electron chi connectivity index (χ1n) is 5.52. The van der Waals surface area contributed by atoms with E-state index in [4.69, 9.17) is 9.84 Å². The van der Waals surface area contributed by atoms with E-state index in [-0.39, 0.29) is 17.0 Å². The third-order valence-electron chi connectivity index (χ3n) is 2.55. The fraction of sp³-hybridized carbons (Fsp3) is 0.0769. The summed E-state index contributed by atoms with van der Waals surface area (Å²) in [5.41, 5.74) is 0.0738. The van der Waals surface area contributed by atoms with Gasteiger partial charge in [0, 0.05) is 0 Å². The molecule has 0 saturated heterocycles. The van der Waals surface area contributed by atoms with Crippen molar-refractivity contribution >= 4 is 28.9 Å². The monoisotopic (exact) mass is 293 g/mol. The number of methoxy groups -OCH3 is 1. The molecular formula is C13H11NO5S. The third kappa shape index (κ3) is 2.72. The molecule has 0 radical (unpaired) electrons. The minimum absolute atomic E-state index is 0.0609. The zero-order valence-corrected chi connectivity index (χ0v) is 11.2. The summed E-state index contributed by atoms with van der Waals surface area (Å²) in [6, 6.07) is 5.36. The van der Waals surface area contributed by atoms with Gasteiger partial charge in [-0.25, -0.2) is 4.79 Å². The number of carboxylic acids is 1. The molecule has 6 nitrogen and oxygen atoms in total. The Morgan fingerprint density at radius 1 is 1.30 bits per heavy atom. The van der Waals surface area contributed by atoms with Crippen molar-refractivity contribution in [3.63, 3.8) is 0 Å². The van der Waals surface area contributed by atoms with Crippen LogP contribution in [0.15, 0.2) is 29.6 Å². The van der Waals surface area contributed by atoms with Crippen molar-refractivity contribution in [2.24, 2.45) is 0 Å². The Hall–Kier alpha value is -2.54. The van der Waals surface area contributed by atoms with Crippen LogP contribution in [0.4, 0.5) is 5.69 Å². The van der Waals surface area contributed by atoms with Crippen molar-refractivity contribution in [3.05, 3.63) is 40.1 Å². The van der Waals surface area contributed by atoms with E-state index in [1.165, 1.54) is 30.6 Å². The summed E-state index contributed by atoms with van der Waals surface area (Å²) in [7, 11) is 1.46. The average Bonchev–Trinajstić information content (AvgIpc) is 2.89. The summed E-state index contributed by atoms with van der Waals surface area (Å²) in [4.78, 5) is 23.1. The number of carbonyl (C=O) groups is 2. The van der Waals surface area contributed by atoms with E-state index in [1.54, 1.807) is 11.4 Å². The molecule has 1 aromatic heterocycles. The van der Waals surface area contributed by atoms with Crippen molar-refractivity contribution in [2.45, 2.75) is 0 Å². The van der Waals surface area contributed by atoms with E-state index in [1.807, 2.05) is 0 Å². The largest absolute Gasteiger partial charge is 0.506 e. The fourth-order valence-electron chi connectivity index (χ4n) is 1.57. The number of carboxylic acid groups (broad SMARTS) is 1. The lowest BCUT2D eigenvalue weighted by molar-refractivity contribution is 0.0696. The van der Waals surface area contributed by atoms with Crippen molar-refractivity contribution in [1.82, 2.24) is 0 Å². The number of benzene rings is 1. The number of rotatable bonds is 4. The number of aromatic hydroxyl groups is 1. The van der Waals surface area contributed by atoms with Gasteiger partial charge in [-0.05, 0) is 29.6 Å². The van der Waals surface area contributed by atoms with Crippen LogP contribution in [0, 0.1) is 0 Å². The number of amides is 1. The highest BCUT2D eigenvalue weighted by Gasteiger charge is 2.16. The topological polar surface area (TPSA) is 95.9 Å². The van der Waals surface area contributed by atoms with Crippen LogP contribution in [0.25, 0.3) is 0 Å². The Kier molecular flexibility index (Phi) is 3.90. The predicted octanol–water partition coefficient (Wildman–Crippen LogP) is 2.41. The number of phenolic OH excluding ortho intramolecular Hbond substituents is 1. The van der Waals surface area contributed by atoms with E-state index in [9.17, 15) is 14.7 Å². The fourth-order valence-corrected chi connectivity index (χ4v) is 2.33. The maximum Gasteiger partial charge on any atom is 0.335 e. The van der Waals surface area contributed by atoms with Gasteiger partial charge in [0.2, 0.25) is 0 Å². The van der Waals surface area contributed by atoms with Gasteiger partial charge < -0.3 is 20.3 Å². The van der Waals surface area contributed by atoms with Gasteiger partial charge in [0.1, 0.15) is 16.4 Å². The van der Waals surface area contributed by atoms with Gasteiger partial charge in [-0.15, -0.1) is 11.3 Å². The summed E-state index contributed by atoms with van der Waals surface area (Å²) in [6.07, 6.45) is 0. The van der Waals surface area contributed by atoms with Crippen molar-refractivity contribution in [1.29, 1.82) is 0 Å². The molecule has 2 aromatic rings. The molecule has 0 atom stereocenters. The molecule has 0 unspecified atom stereocenters. The lowest BCUT2D eigenvalue weighted by atomic mass is 10.2. The number of nitrogens with one attached hydrogen (secondary N) is 1. The Morgan fingerprint density at radius 2 is 2.05 bits per heavy atom. The van der Waals surface area contributed by atoms with Crippen molar-refractivity contribution < 1.29 is 24.5 Å². The Labute approximate surface area is 118 Å². The lowest BCUT2D eigenvalue weighted by Crippen LogP contribution is -2.11. The molecule has 0 aliphatic carbocycles. The summed E-state index contributed by atoms with van der Waals surface area (Å²) in [6.45, 7) is 0. The quantitative estimate of drug-likeness (QED) is 0.752. The molecule has 1 amide bonds. The number of thiophene rings is 1. The first-order chi connectivity index (χ1) is 9.52. The lowest BCUT2D eigenvalue weighted by Gasteiger charge is -2.08. The minimum atomic E-state index is -1.15. The van der Waals surface area contributed by atoms with Gasteiger partial charge in [0.05, 0.1) is 18.4 Å². The SMILES string of the molecule is COc1ccsc1C(=O)Nc1ccc(C(=O)O)cc1O. The second kappa shape index (κ2) is 5.62. The second-order valence-corrected chi connectivity index (χ2v) is 4.73. The molecule has 3 N–H and O–H groups in total. The normalized spacial score (nSPS) is 10.1. The third-order valence-corrected chi connectivity index (χ3v) is 3.44. The molecule has 0 bridgehead atoms. The zero-order valence-electron chi connectivity index (χ0n) is 10.4. The van der Waals surface area contributed by atoms with Gasteiger partial charge in [-0.1, -0.05) is 0 Å². The van der Waals surface area contributed by atoms with Crippen LogP contribution >= 0.6 is 11.3 Å². The predicted molar refractivity (Wildman–Crippen MR) is 73.9 cm³/mol. The van der Waals surface area contributed by atoms with Gasteiger partial charge in [-0.3, -0.25) is 4.79 Å².